The number of ether oxygens (including phenoxy) is 4. The van der Waals surface area contributed by atoms with Crippen LogP contribution in [-0.2, 0) is 0 Å². The molecule has 8 heteroatoms. The van der Waals surface area contributed by atoms with E-state index in [-0.39, 0.29) is 18.1 Å². The van der Waals surface area contributed by atoms with Crippen LogP contribution in [0.5, 0.6) is 23.0 Å². The summed E-state index contributed by atoms with van der Waals surface area (Å²) < 4.78 is 28.0. The number of terminal acetylenes is 1. The van der Waals surface area contributed by atoms with Gasteiger partial charge >= 0.3 is 0 Å². The molecule has 0 saturated carbocycles. The Labute approximate surface area is 232 Å². The maximum atomic E-state index is 10.2. The summed E-state index contributed by atoms with van der Waals surface area (Å²) in [5, 5.41) is 10.5. The van der Waals surface area contributed by atoms with E-state index in [4.69, 9.17) is 41.4 Å². The third kappa shape index (κ3) is 6.01. The lowest BCUT2D eigenvalue weighted by molar-refractivity contribution is 0.299. The predicted molar refractivity (Wildman–Crippen MR) is 152 cm³/mol. The Morgan fingerprint density at radius 2 is 1.62 bits per heavy atom. The van der Waals surface area contributed by atoms with Crippen molar-refractivity contribution in [2.24, 2.45) is 4.99 Å². The van der Waals surface area contributed by atoms with Crippen LogP contribution in [-0.4, -0.2) is 33.6 Å². The molecule has 3 aromatic carbocycles. The Hall–Kier alpha value is -4.85. The number of hydrogen-bond donors (Lipinski definition) is 0. The van der Waals surface area contributed by atoms with Crippen LogP contribution in [0.3, 0.4) is 0 Å². The average molecular weight is 541 g/mol. The molecular formula is C31H25ClN2O5. The third-order valence-corrected chi connectivity index (χ3v) is 5.98. The highest BCUT2D eigenvalue weighted by molar-refractivity contribution is 6.32. The zero-order valence-electron chi connectivity index (χ0n) is 21.7. The Morgan fingerprint density at radius 3 is 2.18 bits per heavy atom. The van der Waals surface area contributed by atoms with Crippen molar-refractivity contribution in [3.05, 3.63) is 76.8 Å². The standard InChI is InChI=1S/C31H25ClN2O5/c1-5-15-38-30-26(32)16-20(17-27(30)37-6-2)19-34-31-25(18-33)28(21-7-11-23(35-3)12-8-21)29(39-31)22-9-13-24(36-4)14-10-22/h1,7-14,16-17,19H,6,15H2,2-4H3/b34-19+. The number of nitriles is 1. The van der Waals surface area contributed by atoms with Crippen molar-refractivity contribution >= 4 is 23.7 Å². The van der Waals surface area contributed by atoms with Crippen LogP contribution in [0.1, 0.15) is 18.1 Å². The van der Waals surface area contributed by atoms with Crippen molar-refractivity contribution in [2.45, 2.75) is 6.92 Å². The van der Waals surface area contributed by atoms with Gasteiger partial charge in [0, 0.05) is 17.3 Å². The minimum Gasteiger partial charge on any atom is -0.497 e. The fourth-order valence-electron chi connectivity index (χ4n) is 3.91. The highest BCUT2D eigenvalue weighted by Crippen LogP contribution is 2.43. The fraction of sp³-hybridized carbons (Fsp3) is 0.161. The van der Waals surface area contributed by atoms with E-state index in [0.717, 1.165) is 11.1 Å². The second kappa shape index (κ2) is 12.6. The van der Waals surface area contributed by atoms with E-state index >= 15 is 0 Å². The molecule has 0 saturated heterocycles. The Balaban J connectivity index is 1.82. The number of nitrogens with zero attached hydrogens (tertiary/aromatic N) is 2. The van der Waals surface area contributed by atoms with Gasteiger partial charge in [0.15, 0.2) is 11.5 Å². The van der Waals surface area contributed by atoms with Gasteiger partial charge in [0.05, 0.1) is 25.8 Å². The summed E-state index contributed by atoms with van der Waals surface area (Å²) >= 11 is 6.45. The van der Waals surface area contributed by atoms with E-state index in [0.29, 0.717) is 51.5 Å². The molecule has 0 fully saturated rings. The number of methoxy groups -OCH3 is 2. The summed E-state index contributed by atoms with van der Waals surface area (Å²) in [6, 6.07) is 20.4. The van der Waals surface area contributed by atoms with Crippen molar-refractivity contribution in [3.63, 3.8) is 0 Å². The lowest BCUT2D eigenvalue weighted by atomic mass is 9.98. The molecule has 196 valence electrons. The van der Waals surface area contributed by atoms with Crippen LogP contribution >= 0.6 is 11.6 Å². The van der Waals surface area contributed by atoms with Gasteiger partial charge in [-0.3, -0.25) is 0 Å². The van der Waals surface area contributed by atoms with Crippen LogP contribution in [0.4, 0.5) is 5.88 Å². The van der Waals surface area contributed by atoms with Crippen molar-refractivity contribution in [1.29, 1.82) is 5.26 Å². The van der Waals surface area contributed by atoms with E-state index in [1.54, 1.807) is 32.6 Å². The van der Waals surface area contributed by atoms with Gasteiger partial charge in [0.2, 0.25) is 5.88 Å². The molecule has 0 bridgehead atoms. The van der Waals surface area contributed by atoms with E-state index < -0.39 is 0 Å². The van der Waals surface area contributed by atoms with Crippen molar-refractivity contribution in [2.75, 3.05) is 27.4 Å². The Bertz CT molecular complexity index is 1560. The molecule has 0 amide bonds. The van der Waals surface area contributed by atoms with Gasteiger partial charge in [-0.2, -0.15) is 5.26 Å². The molecule has 0 aliphatic heterocycles. The van der Waals surface area contributed by atoms with Crippen LogP contribution in [0.25, 0.3) is 22.5 Å². The molecule has 4 rings (SSSR count). The lowest BCUT2D eigenvalue weighted by Gasteiger charge is -2.12. The SMILES string of the molecule is C#CCOc1c(Cl)cc(/C=N/c2oc(-c3ccc(OC)cc3)c(-c3ccc(OC)cc3)c2C#N)cc1OCC. The number of furan rings is 1. The first-order valence-corrected chi connectivity index (χ1v) is 12.3. The molecule has 0 radical (unpaired) electrons. The second-order valence-electron chi connectivity index (χ2n) is 8.07. The molecule has 1 heterocycles. The van der Waals surface area contributed by atoms with Crippen LogP contribution < -0.4 is 18.9 Å². The molecule has 0 N–H and O–H groups in total. The molecule has 0 unspecified atom stereocenters. The largest absolute Gasteiger partial charge is 0.497 e. The van der Waals surface area contributed by atoms with Gasteiger partial charge in [0.25, 0.3) is 0 Å². The first-order valence-electron chi connectivity index (χ1n) is 11.9. The van der Waals surface area contributed by atoms with Crippen LogP contribution in [0.2, 0.25) is 5.02 Å². The number of rotatable bonds is 10. The smallest absolute Gasteiger partial charge is 0.238 e. The van der Waals surface area contributed by atoms with E-state index in [2.05, 4.69) is 17.0 Å². The summed E-state index contributed by atoms with van der Waals surface area (Å²) in [6.45, 7) is 2.30. The molecule has 0 aliphatic carbocycles. The minimum absolute atomic E-state index is 0.0490. The molecule has 39 heavy (non-hydrogen) atoms. The highest BCUT2D eigenvalue weighted by atomic mass is 35.5. The Morgan fingerprint density at radius 1 is 0.974 bits per heavy atom. The summed E-state index contributed by atoms with van der Waals surface area (Å²) in [6.07, 6.45) is 6.87. The lowest BCUT2D eigenvalue weighted by Crippen LogP contribution is -2.01. The molecule has 0 aliphatic rings. The molecule has 0 spiro atoms. The van der Waals surface area contributed by atoms with E-state index in [1.807, 2.05) is 55.5 Å². The summed E-state index contributed by atoms with van der Waals surface area (Å²) in [5.41, 5.74) is 3.06. The van der Waals surface area contributed by atoms with Gasteiger partial charge in [-0.1, -0.05) is 29.7 Å². The maximum absolute atomic E-state index is 10.2. The average Bonchev–Trinajstić information content (AvgIpc) is 3.34. The minimum atomic E-state index is 0.0490. The number of aliphatic imine (C=N–C) groups is 1. The highest BCUT2D eigenvalue weighted by Gasteiger charge is 2.23. The van der Waals surface area contributed by atoms with Crippen molar-refractivity contribution in [3.8, 4) is 63.9 Å². The van der Waals surface area contributed by atoms with E-state index in [1.165, 1.54) is 0 Å². The fourth-order valence-corrected chi connectivity index (χ4v) is 4.18. The Kier molecular flexibility index (Phi) is 8.78. The van der Waals surface area contributed by atoms with Crippen LogP contribution in [0, 0.1) is 23.7 Å². The normalized spacial score (nSPS) is 10.6. The number of halogens is 1. The maximum Gasteiger partial charge on any atom is 0.238 e. The number of benzene rings is 3. The number of hydrogen-bond acceptors (Lipinski definition) is 7. The van der Waals surface area contributed by atoms with Gasteiger partial charge in [-0.15, -0.1) is 6.42 Å². The zero-order valence-corrected chi connectivity index (χ0v) is 22.4. The van der Waals surface area contributed by atoms with Gasteiger partial charge in [-0.05, 0) is 66.6 Å². The van der Waals surface area contributed by atoms with Gasteiger partial charge in [-0.25, -0.2) is 4.99 Å². The molecule has 0 atom stereocenters. The molecule has 4 aromatic rings. The van der Waals surface area contributed by atoms with E-state index in [9.17, 15) is 5.26 Å². The molecular weight excluding hydrogens is 516 g/mol. The monoisotopic (exact) mass is 540 g/mol. The quantitative estimate of drug-likeness (QED) is 0.155. The summed E-state index contributed by atoms with van der Waals surface area (Å²) in [7, 11) is 3.20. The van der Waals surface area contributed by atoms with Crippen molar-refractivity contribution < 1.29 is 23.4 Å². The first-order chi connectivity index (χ1) is 19.0. The topological polar surface area (TPSA) is 86.2 Å². The predicted octanol–water partition coefficient (Wildman–Crippen LogP) is 7.32. The second-order valence-corrected chi connectivity index (χ2v) is 8.48. The zero-order chi connectivity index (χ0) is 27.8. The first kappa shape index (κ1) is 27.2. The van der Waals surface area contributed by atoms with Crippen LogP contribution in [0.15, 0.2) is 70.1 Å². The van der Waals surface area contributed by atoms with Gasteiger partial charge in [0.1, 0.15) is 35.5 Å². The van der Waals surface area contributed by atoms with Gasteiger partial charge < -0.3 is 23.4 Å². The summed E-state index contributed by atoms with van der Waals surface area (Å²) in [5.74, 6) is 5.24. The third-order valence-electron chi connectivity index (χ3n) is 5.69. The molecule has 7 nitrogen and oxygen atoms in total. The summed E-state index contributed by atoms with van der Waals surface area (Å²) in [4.78, 5) is 4.53. The molecule has 1 aromatic heterocycles. The van der Waals surface area contributed by atoms with Crippen molar-refractivity contribution in [1.82, 2.24) is 0 Å².